The normalized spacial score (nSPS) is 16.8. The van der Waals surface area contributed by atoms with Crippen LogP contribution in [0.4, 0.5) is 0 Å². The molecule has 3 heteroatoms. The molecular weight excluding hydrogens is 224 g/mol. The van der Waals surface area contributed by atoms with E-state index >= 15 is 0 Å². The molecule has 2 atom stereocenters. The second-order valence-electron chi connectivity index (χ2n) is 4.18. The quantitative estimate of drug-likeness (QED) is 0.860. The van der Waals surface area contributed by atoms with Crippen molar-refractivity contribution >= 4 is 11.6 Å². The number of hydrogen-bond donors (Lipinski definition) is 1. The van der Waals surface area contributed by atoms with Gasteiger partial charge in [-0.05, 0) is 25.0 Å². The highest BCUT2D eigenvalue weighted by Crippen LogP contribution is 2.25. The molecule has 0 fully saturated rings. The molecule has 0 saturated carbocycles. The molecule has 0 spiro atoms. The zero-order valence-corrected chi connectivity index (χ0v) is 10.8. The van der Waals surface area contributed by atoms with Gasteiger partial charge in [0.05, 0.1) is 11.7 Å². The van der Waals surface area contributed by atoms with Gasteiger partial charge in [0.2, 0.25) is 0 Å². The summed E-state index contributed by atoms with van der Waals surface area (Å²) in [6, 6.07) is 7.56. The van der Waals surface area contributed by atoms with Gasteiger partial charge in [-0.3, -0.25) is 0 Å². The maximum absolute atomic E-state index is 10.2. The van der Waals surface area contributed by atoms with Gasteiger partial charge in [0.15, 0.2) is 0 Å². The van der Waals surface area contributed by atoms with Crippen molar-refractivity contribution in [3.63, 3.8) is 0 Å². The molecule has 1 N–H and O–H groups in total. The molecule has 0 heterocycles. The predicted molar refractivity (Wildman–Crippen MR) is 66.9 cm³/mol. The average Bonchev–Trinajstić information content (AvgIpc) is 2.31. The Labute approximate surface area is 102 Å². The average molecular weight is 243 g/mol. The zero-order valence-electron chi connectivity index (χ0n) is 10.0. The van der Waals surface area contributed by atoms with Gasteiger partial charge in [-0.25, -0.2) is 0 Å². The van der Waals surface area contributed by atoms with Gasteiger partial charge < -0.3 is 9.84 Å². The molecule has 0 aliphatic heterocycles. The van der Waals surface area contributed by atoms with Crippen LogP contribution >= 0.6 is 11.6 Å². The second kappa shape index (κ2) is 5.67. The van der Waals surface area contributed by atoms with E-state index in [9.17, 15) is 5.11 Å². The van der Waals surface area contributed by atoms with Gasteiger partial charge in [0.1, 0.15) is 0 Å². The lowest BCUT2D eigenvalue weighted by atomic mass is 9.91. The van der Waals surface area contributed by atoms with Gasteiger partial charge >= 0.3 is 0 Å². The molecule has 0 radical (unpaired) electrons. The van der Waals surface area contributed by atoms with Crippen LogP contribution in [-0.4, -0.2) is 23.9 Å². The molecule has 16 heavy (non-hydrogen) atoms. The summed E-state index contributed by atoms with van der Waals surface area (Å²) < 4.78 is 5.37. The molecule has 0 saturated heterocycles. The maximum atomic E-state index is 10.2. The minimum absolute atomic E-state index is 0.512. The van der Waals surface area contributed by atoms with E-state index in [2.05, 4.69) is 0 Å². The lowest BCUT2D eigenvalue weighted by Gasteiger charge is -2.32. The molecule has 1 aromatic rings. The molecule has 0 aliphatic rings. The summed E-state index contributed by atoms with van der Waals surface area (Å²) in [5, 5.41) is 10.9. The molecular formula is C13H19ClO2. The molecule has 0 bridgehead atoms. The van der Waals surface area contributed by atoms with E-state index < -0.39 is 11.7 Å². The number of aliphatic hydroxyl groups is 1. The number of aliphatic hydroxyl groups excluding tert-OH is 1. The monoisotopic (exact) mass is 242 g/mol. The molecule has 0 amide bonds. The minimum atomic E-state index is -0.553. The Morgan fingerprint density at radius 1 is 1.44 bits per heavy atom. The number of benzene rings is 1. The molecule has 1 aromatic carbocycles. The van der Waals surface area contributed by atoms with Crippen molar-refractivity contribution in [2.45, 2.75) is 38.4 Å². The zero-order chi connectivity index (χ0) is 12.2. The van der Waals surface area contributed by atoms with Crippen LogP contribution in [0, 0.1) is 0 Å². The first-order valence-corrected chi connectivity index (χ1v) is 5.88. The predicted octanol–water partition coefficient (Wildman–Crippen LogP) is 3.06. The number of ether oxygens (including phenoxy) is 1. The Morgan fingerprint density at radius 2 is 2.06 bits per heavy atom. The van der Waals surface area contributed by atoms with E-state index in [4.69, 9.17) is 16.3 Å². The third-order valence-electron chi connectivity index (χ3n) is 3.24. The first-order valence-electron chi connectivity index (χ1n) is 5.50. The highest BCUT2D eigenvalue weighted by Gasteiger charge is 2.31. The number of methoxy groups -OCH3 is 1. The lowest BCUT2D eigenvalue weighted by molar-refractivity contribution is -0.0914. The van der Waals surface area contributed by atoms with Gasteiger partial charge in [0, 0.05) is 18.6 Å². The SMILES string of the molecule is CCC(C)(OC)C(O)Cc1ccccc1Cl. The molecule has 2 unspecified atom stereocenters. The van der Waals surface area contributed by atoms with Crippen molar-refractivity contribution in [1.82, 2.24) is 0 Å². The molecule has 2 nitrogen and oxygen atoms in total. The van der Waals surface area contributed by atoms with Crippen molar-refractivity contribution in [2.75, 3.05) is 7.11 Å². The van der Waals surface area contributed by atoms with Gasteiger partial charge in [0.25, 0.3) is 0 Å². The van der Waals surface area contributed by atoms with Gasteiger partial charge in [-0.15, -0.1) is 0 Å². The van der Waals surface area contributed by atoms with Crippen LogP contribution in [0.1, 0.15) is 25.8 Å². The van der Waals surface area contributed by atoms with Crippen molar-refractivity contribution < 1.29 is 9.84 Å². The Kier molecular flexibility index (Phi) is 4.78. The summed E-state index contributed by atoms with van der Waals surface area (Å²) in [6.07, 6.45) is 0.717. The summed E-state index contributed by atoms with van der Waals surface area (Å²) in [5.41, 5.74) is 0.438. The van der Waals surface area contributed by atoms with Crippen molar-refractivity contribution in [2.24, 2.45) is 0 Å². The highest BCUT2D eigenvalue weighted by molar-refractivity contribution is 6.31. The fourth-order valence-electron chi connectivity index (χ4n) is 1.60. The third-order valence-corrected chi connectivity index (χ3v) is 3.61. The molecule has 0 aromatic heterocycles. The first-order chi connectivity index (χ1) is 7.53. The van der Waals surface area contributed by atoms with Gasteiger partial charge in [-0.1, -0.05) is 36.7 Å². The molecule has 0 aliphatic carbocycles. The summed E-state index contributed by atoms with van der Waals surface area (Å²) in [6.45, 7) is 3.91. The van der Waals surface area contributed by atoms with Crippen LogP contribution in [0.15, 0.2) is 24.3 Å². The van der Waals surface area contributed by atoms with Crippen molar-refractivity contribution in [3.05, 3.63) is 34.9 Å². The van der Waals surface area contributed by atoms with Crippen LogP contribution in [-0.2, 0) is 11.2 Å². The Bertz CT molecular complexity index is 334. The van der Waals surface area contributed by atoms with E-state index in [1.807, 2.05) is 38.1 Å². The van der Waals surface area contributed by atoms with Crippen LogP contribution in [0.5, 0.6) is 0 Å². The highest BCUT2D eigenvalue weighted by atomic mass is 35.5. The molecule has 1 rings (SSSR count). The van der Waals surface area contributed by atoms with Crippen LogP contribution in [0.25, 0.3) is 0 Å². The summed E-state index contributed by atoms with van der Waals surface area (Å²) in [7, 11) is 1.62. The Morgan fingerprint density at radius 3 is 2.56 bits per heavy atom. The smallest absolute Gasteiger partial charge is 0.0909 e. The summed E-state index contributed by atoms with van der Waals surface area (Å²) >= 11 is 6.05. The van der Waals surface area contributed by atoms with Crippen LogP contribution < -0.4 is 0 Å². The summed E-state index contributed by atoms with van der Waals surface area (Å²) in [5.74, 6) is 0. The molecule has 90 valence electrons. The van der Waals surface area contributed by atoms with Crippen molar-refractivity contribution in [3.8, 4) is 0 Å². The van der Waals surface area contributed by atoms with E-state index in [0.29, 0.717) is 11.4 Å². The van der Waals surface area contributed by atoms with Crippen LogP contribution in [0.3, 0.4) is 0 Å². The first kappa shape index (κ1) is 13.5. The van der Waals surface area contributed by atoms with E-state index in [0.717, 1.165) is 12.0 Å². The van der Waals surface area contributed by atoms with E-state index in [1.54, 1.807) is 7.11 Å². The largest absolute Gasteiger partial charge is 0.390 e. The second-order valence-corrected chi connectivity index (χ2v) is 4.59. The fraction of sp³-hybridized carbons (Fsp3) is 0.538. The fourth-order valence-corrected chi connectivity index (χ4v) is 1.82. The minimum Gasteiger partial charge on any atom is -0.390 e. The van der Waals surface area contributed by atoms with Gasteiger partial charge in [-0.2, -0.15) is 0 Å². The third kappa shape index (κ3) is 2.97. The van der Waals surface area contributed by atoms with E-state index in [1.165, 1.54) is 0 Å². The standard InChI is InChI=1S/C13H19ClO2/c1-4-13(2,16-3)12(15)9-10-7-5-6-8-11(10)14/h5-8,12,15H,4,9H2,1-3H3. The topological polar surface area (TPSA) is 29.5 Å². The maximum Gasteiger partial charge on any atom is 0.0909 e. The van der Waals surface area contributed by atoms with Crippen LogP contribution in [0.2, 0.25) is 5.02 Å². The summed E-state index contributed by atoms with van der Waals surface area (Å²) in [4.78, 5) is 0. The number of halogens is 1. The van der Waals surface area contributed by atoms with Crippen molar-refractivity contribution in [1.29, 1.82) is 0 Å². The Hall–Kier alpha value is -0.570. The lowest BCUT2D eigenvalue weighted by Crippen LogP contribution is -2.42. The Balaban J connectivity index is 2.78. The number of hydrogen-bond acceptors (Lipinski definition) is 2. The number of rotatable bonds is 5. The van der Waals surface area contributed by atoms with E-state index in [-0.39, 0.29) is 0 Å².